The van der Waals surface area contributed by atoms with E-state index in [0.717, 1.165) is 5.69 Å². The molecule has 0 bridgehead atoms. The highest BCUT2D eigenvalue weighted by molar-refractivity contribution is 5.83. The second-order valence-electron chi connectivity index (χ2n) is 3.02. The fraction of sp³-hybridized carbons (Fsp3) is 0.0909. The second-order valence-corrected chi connectivity index (χ2v) is 3.02. The molecule has 0 atom stereocenters. The molecular formula is C11H11N. The Labute approximate surface area is 71.7 Å². The number of hydrogen-bond acceptors (Lipinski definition) is 0. The Kier molecular flexibility index (Phi) is 1.51. The van der Waals surface area contributed by atoms with Crippen LogP contribution in [-0.4, -0.2) is 4.98 Å². The molecule has 1 heterocycles. The standard InChI is InChI=1S/C11H11N/c1-3-10-7-9-6-8(2)4-5-11(9)12-10/h3-7,12H,1H2,2H3. The maximum Gasteiger partial charge on any atom is 0.0458 e. The number of rotatable bonds is 1. The molecule has 12 heavy (non-hydrogen) atoms. The Morgan fingerprint density at radius 2 is 2.17 bits per heavy atom. The van der Waals surface area contributed by atoms with Crippen molar-refractivity contribution in [2.24, 2.45) is 0 Å². The number of fused-ring (bicyclic) bond motifs is 1. The van der Waals surface area contributed by atoms with Crippen molar-refractivity contribution in [1.29, 1.82) is 0 Å². The Hall–Kier alpha value is -1.50. The number of H-pyrrole nitrogens is 1. The molecule has 1 aromatic heterocycles. The molecule has 0 saturated heterocycles. The van der Waals surface area contributed by atoms with Gasteiger partial charge in [0.15, 0.2) is 0 Å². The maximum absolute atomic E-state index is 3.72. The van der Waals surface area contributed by atoms with Crippen LogP contribution >= 0.6 is 0 Å². The maximum atomic E-state index is 3.72. The van der Waals surface area contributed by atoms with Gasteiger partial charge in [-0.25, -0.2) is 0 Å². The third-order valence-corrected chi connectivity index (χ3v) is 2.02. The highest BCUT2D eigenvalue weighted by Gasteiger charge is 1.96. The van der Waals surface area contributed by atoms with Crippen molar-refractivity contribution in [3.63, 3.8) is 0 Å². The summed E-state index contributed by atoms with van der Waals surface area (Å²) in [6, 6.07) is 8.47. The van der Waals surface area contributed by atoms with Crippen molar-refractivity contribution in [3.05, 3.63) is 42.1 Å². The molecule has 0 unspecified atom stereocenters. The molecule has 1 aromatic carbocycles. The molecule has 2 aromatic rings. The van der Waals surface area contributed by atoms with E-state index in [0.29, 0.717) is 0 Å². The van der Waals surface area contributed by atoms with Gasteiger partial charge in [-0.3, -0.25) is 0 Å². The van der Waals surface area contributed by atoms with Gasteiger partial charge in [0.25, 0.3) is 0 Å². The lowest BCUT2D eigenvalue weighted by molar-refractivity contribution is 1.42. The van der Waals surface area contributed by atoms with Gasteiger partial charge in [-0.1, -0.05) is 18.2 Å². The van der Waals surface area contributed by atoms with Crippen molar-refractivity contribution < 1.29 is 0 Å². The van der Waals surface area contributed by atoms with Gasteiger partial charge in [-0.2, -0.15) is 0 Å². The van der Waals surface area contributed by atoms with E-state index in [-0.39, 0.29) is 0 Å². The Morgan fingerprint density at radius 1 is 1.33 bits per heavy atom. The molecule has 0 saturated carbocycles. The first kappa shape index (κ1) is 7.17. The SMILES string of the molecule is C=Cc1cc2cc(C)ccc2[nH]1. The topological polar surface area (TPSA) is 15.8 Å². The van der Waals surface area contributed by atoms with Crippen molar-refractivity contribution in [1.82, 2.24) is 4.98 Å². The van der Waals surface area contributed by atoms with Gasteiger partial charge in [-0.05, 0) is 31.2 Å². The molecule has 0 fully saturated rings. The highest BCUT2D eigenvalue weighted by atomic mass is 14.7. The lowest BCUT2D eigenvalue weighted by Gasteiger charge is -1.90. The zero-order valence-electron chi connectivity index (χ0n) is 7.09. The lowest BCUT2D eigenvalue weighted by Crippen LogP contribution is -1.70. The van der Waals surface area contributed by atoms with Crippen LogP contribution < -0.4 is 0 Å². The van der Waals surface area contributed by atoms with E-state index in [4.69, 9.17) is 0 Å². The van der Waals surface area contributed by atoms with Crippen molar-refractivity contribution in [2.75, 3.05) is 0 Å². The van der Waals surface area contributed by atoms with E-state index >= 15 is 0 Å². The van der Waals surface area contributed by atoms with Gasteiger partial charge in [-0.15, -0.1) is 0 Å². The fourth-order valence-electron chi connectivity index (χ4n) is 1.38. The minimum atomic E-state index is 1.08. The summed E-state index contributed by atoms with van der Waals surface area (Å²) >= 11 is 0. The number of aryl methyl sites for hydroxylation is 1. The summed E-state index contributed by atoms with van der Waals surface area (Å²) in [4.78, 5) is 3.25. The molecule has 0 spiro atoms. The summed E-state index contributed by atoms with van der Waals surface area (Å²) in [5.41, 5.74) is 3.54. The van der Waals surface area contributed by atoms with Gasteiger partial charge in [0.1, 0.15) is 0 Å². The third-order valence-electron chi connectivity index (χ3n) is 2.02. The van der Waals surface area contributed by atoms with Crippen LogP contribution in [0.3, 0.4) is 0 Å². The van der Waals surface area contributed by atoms with Crippen molar-refractivity contribution in [3.8, 4) is 0 Å². The lowest BCUT2D eigenvalue weighted by atomic mass is 10.2. The summed E-state index contributed by atoms with van der Waals surface area (Å²) in [7, 11) is 0. The predicted octanol–water partition coefficient (Wildman–Crippen LogP) is 3.12. The molecule has 0 aliphatic heterocycles. The quantitative estimate of drug-likeness (QED) is 0.654. The third kappa shape index (κ3) is 1.03. The minimum absolute atomic E-state index is 1.08. The van der Waals surface area contributed by atoms with Crippen molar-refractivity contribution in [2.45, 2.75) is 6.92 Å². The largest absolute Gasteiger partial charge is 0.355 e. The summed E-state index contributed by atoms with van der Waals surface area (Å²) < 4.78 is 0. The number of benzene rings is 1. The summed E-state index contributed by atoms with van der Waals surface area (Å²) in [6.45, 7) is 5.81. The van der Waals surface area contributed by atoms with Crippen molar-refractivity contribution >= 4 is 17.0 Å². The Balaban J connectivity index is 2.75. The average Bonchev–Trinajstić information content (AvgIpc) is 2.46. The fourth-order valence-corrected chi connectivity index (χ4v) is 1.38. The number of aromatic nitrogens is 1. The zero-order valence-corrected chi connectivity index (χ0v) is 7.09. The van der Waals surface area contributed by atoms with Gasteiger partial charge in [0, 0.05) is 16.6 Å². The van der Waals surface area contributed by atoms with Crippen LogP contribution in [0.5, 0.6) is 0 Å². The summed E-state index contributed by atoms with van der Waals surface area (Å²) in [5, 5.41) is 1.25. The van der Waals surface area contributed by atoms with E-state index in [1.165, 1.54) is 16.5 Å². The normalized spacial score (nSPS) is 10.4. The van der Waals surface area contributed by atoms with E-state index < -0.39 is 0 Å². The van der Waals surface area contributed by atoms with Gasteiger partial charge < -0.3 is 4.98 Å². The van der Waals surface area contributed by atoms with Gasteiger partial charge >= 0.3 is 0 Å². The Bertz CT molecular complexity index is 423. The molecular weight excluding hydrogens is 146 g/mol. The van der Waals surface area contributed by atoms with E-state index in [9.17, 15) is 0 Å². The zero-order chi connectivity index (χ0) is 8.55. The molecule has 1 N–H and O–H groups in total. The van der Waals surface area contributed by atoms with Gasteiger partial charge in [0.2, 0.25) is 0 Å². The minimum Gasteiger partial charge on any atom is -0.355 e. The number of hydrogen-bond donors (Lipinski definition) is 1. The molecule has 0 aliphatic carbocycles. The molecule has 0 aliphatic rings. The smallest absolute Gasteiger partial charge is 0.0458 e. The molecule has 0 radical (unpaired) electrons. The van der Waals surface area contributed by atoms with Crippen LogP contribution in [0.15, 0.2) is 30.8 Å². The number of nitrogens with one attached hydrogen (secondary N) is 1. The molecule has 0 amide bonds. The monoisotopic (exact) mass is 157 g/mol. The first-order chi connectivity index (χ1) is 5.79. The number of aromatic amines is 1. The summed E-state index contributed by atoms with van der Waals surface area (Å²) in [5.74, 6) is 0. The molecule has 2 rings (SSSR count). The average molecular weight is 157 g/mol. The van der Waals surface area contributed by atoms with Crippen LogP contribution in [0, 0.1) is 6.92 Å². The highest BCUT2D eigenvalue weighted by Crippen LogP contribution is 2.17. The van der Waals surface area contributed by atoms with Crippen LogP contribution in [0.1, 0.15) is 11.3 Å². The second kappa shape index (κ2) is 2.52. The van der Waals surface area contributed by atoms with Crippen LogP contribution in [-0.2, 0) is 0 Å². The van der Waals surface area contributed by atoms with E-state index in [2.05, 4.69) is 42.8 Å². The first-order valence-corrected chi connectivity index (χ1v) is 4.01. The Morgan fingerprint density at radius 3 is 2.92 bits per heavy atom. The van der Waals surface area contributed by atoms with E-state index in [1.54, 1.807) is 0 Å². The summed E-state index contributed by atoms with van der Waals surface area (Å²) in [6.07, 6.45) is 1.83. The predicted molar refractivity (Wildman–Crippen MR) is 53.1 cm³/mol. The van der Waals surface area contributed by atoms with Crippen LogP contribution in [0.2, 0.25) is 0 Å². The van der Waals surface area contributed by atoms with Crippen LogP contribution in [0.4, 0.5) is 0 Å². The molecule has 60 valence electrons. The molecule has 1 nitrogen and oxygen atoms in total. The van der Waals surface area contributed by atoms with E-state index in [1.807, 2.05) is 6.08 Å². The van der Waals surface area contributed by atoms with Crippen LogP contribution in [0.25, 0.3) is 17.0 Å². The molecule has 1 heteroatoms. The van der Waals surface area contributed by atoms with Gasteiger partial charge in [0.05, 0.1) is 0 Å². The first-order valence-electron chi connectivity index (χ1n) is 4.01.